The summed E-state index contributed by atoms with van der Waals surface area (Å²) in [6, 6.07) is 2.52. The number of likely N-dealkylation sites (N-methyl/N-ethyl adjacent to an activating group) is 1. The second kappa shape index (κ2) is 6.53. The van der Waals surface area contributed by atoms with E-state index in [0.717, 1.165) is 45.3 Å². The van der Waals surface area contributed by atoms with Gasteiger partial charge in [0.25, 0.3) is 0 Å². The van der Waals surface area contributed by atoms with Crippen LogP contribution in [0.3, 0.4) is 0 Å². The fourth-order valence-electron chi connectivity index (χ4n) is 3.21. The zero-order valence-corrected chi connectivity index (χ0v) is 12.3. The van der Waals surface area contributed by atoms with Gasteiger partial charge in [-0.1, -0.05) is 0 Å². The molecule has 0 aromatic rings. The molecule has 6 heteroatoms. The third kappa shape index (κ3) is 3.48. The number of rotatable bonds is 4. The third-order valence-corrected chi connectivity index (χ3v) is 4.48. The van der Waals surface area contributed by atoms with Crippen molar-refractivity contribution < 1.29 is 4.79 Å². The summed E-state index contributed by atoms with van der Waals surface area (Å²) >= 11 is 0. The number of hydrogen-bond acceptors (Lipinski definition) is 5. The molecule has 1 atom stereocenters. The normalized spacial score (nSPS) is 27.1. The SMILES string of the molecule is CN1CCN(CC(=O)NC2(C#N)CCCC2)C(CN)C1. The molecular weight excluding hydrogens is 254 g/mol. The molecule has 0 aromatic heterocycles. The molecule has 1 heterocycles. The molecule has 1 saturated carbocycles. The van der Waals surface area contributed by atoms with Crippen LogP contribution in [0.15, 0.2) is 0 Å². The predicted octanol–water partition coefficient (Wildman–Crippen LogP) is -0.486. The van der Waals surface area contributed by atoms with Crippen LogP contribution in [0.5, 0.6) is 0 Å². The van der Waals surface area contributed by atoms with Gasteiger partial charge in [0, 0.05) is 32.2 Å². The Morgan fingerprint density at radius 2 is 2.15 bits per heavy atom. The Kier molecular flexibility index (Phi) is 4.97. The van der Waals surface area contributed by atoms with E-state index in [1.165, 1.54) is 0 Å². The molecule has 0 spiro atoms. The van der Waals surface area contributed by atoms with Crippen LogP contribution in [0, 0.1) is 11.3 Å². The van der Waals surface area contributed by atoms with E-state index in [2.05, 4.69) is 28.2 Å². The van der Waals surface area contributed by atoms with Crippen LogP contribution in [-0.4, -0.2) is 67.1 Å². The summed E-state index contributed by atoms with van der Waals surface area (Å²) in [5.74, 6) is -0.0450. The average Bonchev–Trinajstić information content (AvgIpc) is 2.89. The Hall–Kier alpha value is -1.16. The highest BCUT2D eigenvalue weighted by atomic mass is 16.2. The van der Waals surface area contributed by atoms with Gasteiger partial charge in [0.05, 0.1) is 12.6 Å². The average molecular weight is 279 g/mol. The molecule has 1 aliphatic carbocycles. The van der Waals surface area contributed by atoms with E-state index < -0.39 is 5.54 Å². The van der Waals surface area contributed by atoms with Crippen LogP contribution in [0.4, 0.5) is 0 Å². The summed E-state index contributed by atoms with van der Waals surface area (Å²) in [4.78, 5) is 16.6. The van der Waals surface area contributed by atoms with E-state index in [0.29, 0.717) is 13.1 Å². The molecular formula is C14H25N5O. The maximum absolute atomic E-state index is 12.2. The minimum atomic E-state index is -0.623. The second-order valence-corrected chi connectivity index (χ2v) is 6.07. The smallest absolute Gasteiger partial charge is 0.235 e. The fraction of sp³-hybridized carbons (Fsp3) is 0.857. The highest BCUT2D eigenvalue weighted by Gasteiger charge is 2.36. The van der Waals surface area contributed by atoms with E-state index in [1.54, 1.807) is 0 Å². The van der Waals surface area contributed by atoms with E-state index in [9.17, 15) is 10.1 Å². The Balaban J connectivity index is 1.89. The lowest BCUT2D eigenvalue weighted by Crippen LogP contribution is -2.58. The summed E-state index contributed by atoms with van der Waals surface area (Å²) in [7, 11) is 2.07. The zero-order chi connectivity index (χ0) is 14.6. The molecule has 0 aromatic carbocycles. The Morgan fingerprint density at radius 3 is 2.75 bits per heavy atom. The first-order valence-electron chi connectivity index (χ1n) is 7.43. The van der Waals surface area contributed by atoms with Gasteiger partial charge in [-0.2, -0.15) is 5.26 Å². The van der Waals surface area contributed by atoms with Gasteiger partial charge in [0.15, 0.2) is 0 Å². The molecule has 112 valence electrons. The van der Waals surface area contributed by atoms with Gasteiger partial charge in [-0.3, -0.25) is 9.69 Å². The summed E-state index contributed by atoms with van der Waals surface area (Å²) < 4.78 is 0. The van der Waals surface area contributed by atoms with Crippen molar-refractivity contribution in [2.75, 3.05) is 39.8 Å². The number of nitriles is 1. The Bertz CT molecular complexity index is 386. The Morgan fingerprint density at radius 1 is 1.45 bits per heavy atom. The highest BCUT2D eigenvalue weighted by molar-refractivity contribution is 5.79. The van der Waals surface area contributed by atoms with E-state index in [4.69, 9.17) is 5.73 Å². The van der Waals surface area contributed by atoms with Crippen molar-refractivity contribution in [2.45, 2.75) is 37.3 Å². The number of nitrogens with two attached hydrogens (primary N) is 1. The van der Waals surface area contributed by atoms with Gasteiger partial charge in [-0.15, -0.1) is 0 Å². The maximum Gasteiger partial charge on any atom is 0.235 e. The van der Waals surface area contributed by atoms with Crippen molar-refractivity contribution in [2.24, 2.45) is 5.73 Å². The molecule has 2 fully saturated rings. The van der Waals surface area contributed by atoms with Crippen molar-refractivity contribution in [1.29, 1.82) is 5.26 Å². The van der Waals surface area contributed by atoms with E-state index >= 15 is 0 Å². The number of piperazine rings is 1. The summed E-state index contributed by atoms with van der Waals surface area (Å²) in [6.07, 6.45) is 3.60. The molecule has 2 aliphatic rings. The summed E-state index contributed by atoms with van der Waals surface area (Å²) in [5, 5.41) is 12.2. The van der Waals surface area contributed by atoms with Crippen molar-refractivity contribution in [3.05, 3.63) is 0 Å². The first kappa shape index (κ1) is 15.2. The standard InChI is InChI=1S/C14H25N5O/c1-18-6-7-19(12(8-15)9-18)10-13(20)17-14(11-16)4-2-3-5-14/h12H,2-10,15H2,1H3,(H,17,20). The van der Waals surface area contributed by atoms with Crippen LogP contribution < -0.4 is 11.1 Å². The van der Waals surface area contributed by atoms with Gasteiger partial charge in [0.1, 0.15) is 5.54 Å². The van der Waals surface area contributed by atoms with Crippen molar-refractivity contribution >= 4 is 5.91 Å². The molecule has 20 heavy (non-hydrogen) atoms. The van der Waals surface area contributed by atoms with Gasteiger partial charge >= 0.3 is 0 Å². The predicted molar refractivity (Wildman–Crippen MR) is 76.9 cm³/mol. The highest BCUT2D eigenvalue weighted by Crippen LogP contribution is 2.28. The molecule has 0 radical (unpaired) electrons. The van der Waals surface area contributed by atoms with Crippen LogP contribution in [-0.2, 0) is 4.79 Å². The van der Waals surface area contributed by atoms with Gasteiger partial charge in [0.2, 0.25) is 5.91 Å². The number of amides is 1. The second-order valence-electron chi connectivity index (χ2n) is 6.07. The van der Waals surface area contributed by atoms with Gasteiger partial charge in [-0.25, -0.2) is 0 Å². The minimum Gasteiger partial charge on any atom is -0.337 e. The van der Waals surface area contributed by atoms with E-state index in [1.807, 2.05) is 0 Å². The third-order valence-electron chi connectivity index (χ3n) is 4.48. The largest absolute Gasteiger partial charge is 0.337 e. The lowest BCUT2D eigenvalue weighted by Gasteiger charge is -2.39. The number of hydrogen-bond donors (Lipinski definition) is 2. The lowest BCUT2D eigenvalue weighted by molar-refractivity contribution is -0.124. The van der Waals surface area contributed by atoms with Crippen LogP contribution in [0.2, 0.25) is 0 Å². The topological polar surface area (TPSA) is 85.4 Å². The van der Waals surface area contributed by atoms with Crippen molar-refractivity contribution in [1.82, 2.24) is 15.1 Å². The monoisotopic (exact) mass is 279 g/mol. The molecule has 0 bridgehead atoms. The van der Waals surface area contributed by atoms with Crippen molar-refractivity contribution in [3.8, 4) is 6.07 Å². The van der Waals surface area contributed by atoms with E-state index in [-0.39, 0.29) is 11.9 Å². The van der Waals surface area contributed by atoms with Crippen molar-refractivity contribution in [3.63, 3.8) is 0 Å². The molecule has 1 unspecified atom stereocenters. The molecule has 1 amide bonds. The number of carbonyl (C=O) groups excluding carboxylic acids is 1. The molecule has 2 rings (SSSR count). The van der Waals surface area contributed by atoms with Gasteiger partial charge < -0.3 is 16.0 Å². The number of carbonyl (C=O) groups is 1. The van der Waals surface area contributed by atoms with Crippen LogP contribution in [0.25, 0.3) is 0 Å². The molecule has 3 N–H and O–H groups in total. The number of nitrogens with one attached hydrogen (secondary N) is 1. The maximum atomic E-state index is 12.2. The lowest BCUT2D eigenvalue weighted by atomic mass is 10.00. The Labute approximate surface area is 120 Å². The molecule has 6 nitrogen and oxygen atoms in total. The zero-order valence-electron chi connectivity index (χ0n) is 12.3. The minimum absolute atomic E-state index is 0.0450. The van der Waals surface area contributed by atoms with Crippen LogP contribution >= 0.6 is 0 Å². The summed E-state index contributed by atoms with van der Waals surface area (Å²) in [5.41, 5.74) is 5.17. The molecule has 1 saturated heterocycles. The summed E-state index contributed by atoms with van der Waals surface area (Å²) in [6.45, 7) is 3.60. The van der Waals surface area contributed by atoms with Gasteiger partial charge in [-0.05, 0) is 32.7 Å². The first-order valence-corrected chi connectivity index (χ1v) is 7.43. The molecule has 1 aliphatic heterocycles. The fourth-order valence-corrected chi connectivity index (χ4v) is 3.21. The first-order chi connectivity index (χ1) is 9.58. The quantitative estimate of drug-likeness (QED) is 0.725. The number of nitrogens with zero attached hydrogens (tertiary/aromatic N) is 3. The van der Waals surface area contributed by atoms with Crippen LogP contribution in [0.1, 0.15) is 25.7 Å².